The zero-order chi connectivity index (χ0) is 14.0. The first-order valence-corrected chi connectivity index (χ1v) is 9.37. The lowest BCUT2D eigenvalue weighted by Gasteiger charge is -2.23. The van der Waals surface area contributed by atoms with E-state index in [1.54, 1.807) is 11.3 Å². The van der Waals surface area contributed by atoms with Gasteiger partial charge < -0.3 is 5.32 Å². The SMILES string of the molecule is O=S(=O)(CC1CCCCN1)Nc1ccc2sccc2c1. The Kier molecular flexibility index (Phi) is 3.96. The largest absolute Gasteiger partial charge is 0.313 e. The van der Waals surface area contributed by atoms with E-state index < -0.39 is 10.0 Å². The van der Waals surface area contributed by atoms with Gasteiger partial charge >= 0.3 is 0 Å². The summed E-state index contributed by atoms with van der Waals surface area (Å²) in [5.41, 5.74) is 0.645. The first kappa shape index (κ1) is 13.9. The molecule has 20 heavy (non-hydrogen) atoms. The monoisotopic (exact) mass is 310 g/mol. The fourth-order valence-corrected chi connectivity index (χ4v) is 4.74. The van der Waals surface area contributed by atoms with E-state index in [9.17, 15) is 8.42 Å². The topological polar surface area (TPSA) is 58.2 Å². The van der Waals surface area contributed by atoms with Gasteiger partial charge in [-0.3, -0.25) is 4.72 Å². The molecule has 0 radical (unpaired) electrons. The molecule has 1 aromatic carbocycles. The third-order valence-electron chi connectivity index (χ3n) is 3.56. The molecule has 2 N–H and O–H groups in total. The van der Waals surface area contributed by atoms with Crippen LogP contribution in [0.15, 0.2) is 29.6 Å². The maximum atomic E-state index is 12.2. The lowest BCUT2D eigenvalue weighted by Crippen LogP contribution is -2.40. The van der Waals surface area contributed by atoms with Gasteiger partial charge in [-0.15, -0.1) is 11.3 Å². The Balaban J connectivity index is 1.71. The summed E-state index contributed by atoms with van der Waals surface area (Å²) in [5.74, 6) is 0.147. The van der Waals surface area contributed by atoms with Gasteiger partial charge in [0.1, 0.15) is 0 Å². The van der Waals surface area contributed by atoms with Gasteiger partial charge in [-0.1, -0.05) is 6.42 Å². The fourth-order valence-electron chi connectivity index (χ4n) is 2.58. The Hall–Kier alpha value is -1.11. The van der Waals surface area contributed by atoms with E-state index in [-0.39, 0.29) is 11.8 Å². The van der Waals surface area contributed by atoms with E-state index in [0.717, 1.165) is 31.2 Å². The molecule has 3 rings (SSSR count). The first-order chi connectivity index (χ1) is 9.62. The molecule has 1 unspecified atom stereocenters. The summed E-state index contributed by atoms with van der Waals surface area (Å²) < 4.78 is 28.2. The van der Waals surface area contributed by atoms with Gasteiger partial charge in [0.15, 0.2) is 0 Å². The molecule has 6 heteroatoms. The van der Waals surface area contributed by atoms with E-state index in [2.05, 4.69) is 10.0 Å². The molecule has 0 amide bonds. The molecule has 1 atom stereocenters. The maximum absolute atomic E-state index is 12.2. The number of piperidine rings is 1. The van der Waals surface area contributed by atoms with Gasteiger partial charge in [0.25, 0.3) is 0 Å². The second kappa shape index (κ2) is 5.71. The van der Waals surface area contributed by atoms with Crippen molar-refractivity contribution in [3.63, 3.8) is 0 Å². The lowest BCUT2D eigenvalue weighted by atomic mass is 10.1. The van der Waals surface area contributed by atoms with Crippen LogP contribution in [0, 0.1) is 0 Å². The standard InChI is InChI=1S/C14H18N2O2S2/c17-20(18,10-13-3-1-2-7-15-13)16-12-4-5-14-11(9-12)6-8-19-14/h4-6,8-9,13,15-16H,1-3,7,10H2. The molecule has 1 saturated heterocycles. The van der Waals surface area contributed by atoms with Gasteiger partial charge in [-0.05, 0) is 54.4 Å². The Bertz CT molecular complexity index is 688. The number of sulfonamides is 1. The molecule has 1 aromatic heterocycles. The maximum Gasteiger partial charge on any atom is 0.234 e. The van der Waals surface area contributed by atoms with Gasteiger partial charge in [0.2, 0.25) is 10.0 Å². The summed E-state index contributed by atoms with van der Waals surface area (Å²) >= 11 is 1.66. The summed E-state index contributed by atoms with van der Waals surface area (Å²) in [4.78, 5) is 0. The van der Waals surface area contributed by atoms with Crippen LogP contribution in [0.4, 0.5) is 5.69 Å². The van der Waals surface area contributed by atoms with Crippen LogP contribution < -0.4 is 10.0 Å². The molecule has 2 heterocycles. The molecule has 2 aromatic rings. The molecule has 0 bridgehead atoms. The zero-order valence-electron chi connectivity index (χ0n) is 11.1. The highest BCUT2D eigenvalue weighted by atomic mass is 32.2. The quantitative estimate of drug-likeness (QED) is 0.913. The van der Waals surface area contributed by atoms with Crippen LogP contribution in [0.3, 0.4) is 0 Å². The van der Waals surface area contributed by atoms with E-state index in [1.165, 1.54) is 4.70 Å². The number of hydrogen-bond donors (Lipinski definition) is 2. The highest BCUT2D eigenvalue weighted by Gasteiger charge is 2.20. The van der Waals surface area contributed by atoms with Crippen LogP contribution in [0.5, 0.6) is 0 Å². The van der Waals surface area contributed by atoms with Crippen molar-refractivity contribution >= 4 is 37.1 Å². The minimum Gasteiger partial charge on any atom is -0.313 e. The number of anilines is 1. The molecule has 1 fully saturated rings. The fraction of sp³-hybridized carbons (Fsp3) is 0.429. The molecular weight excluding hydrogens is 292 g/mol. The molecule has 108 valence electrons. The molecule has 1 aliphatic heterocycles. The Labute approximate surface area is 123 Å². The predicted molar refractivity (Wildman–Crippen MR) is 84.9 cm³/mol. The average Bonchev–Trinajstić information content (AvgIpc) is 2.86. The van der Waals surface area contributed by atoms with Gasteiger partial charge in [-0.25, -0.2) is 8.42 Å². The van der Waals surface area contributed by atoms with Crippen LogP contribution in [0.25, 0.3) is 10.1 Å². The van der Waals surface area contributed by atoms with Gasteiger partial charge in [0.05, 0.1) is 5.75 Å². The molecule has 0 saturated carbocycles. The number of hydrogen-bond acceptors (Lipinski definition) is 4. The normalized spacial score (nSPS) is 20.1. The van der Waals surface area contributed by atoms with Gasteiger partial charge in [0, 0.05) is 16.4 Å². The number of benzene rings is 1. The highest BCUT2D eigenvalue weighted by molar-refractivity contribution is 7.92. The molecule has 0 spiro atoms. The van der Waals surface area contributed by atoms with Crippen LogP contribution in [-0.2, 0) is 10.0 Å². The third-order valence-corrected chi connectivity index (χ3v) is 5.84. The van der Waals surface area contributed by atoms with Crippen molar-refractivity contribution in [1.82, 2.24) is 5.32 Å². The van der Waals surface area contributed by atoms with Crippen LogP contribution in [0.1, 0.15) is 19.3 Å². The van der Waals surface area contributed by atoms with Crippen molar-refractivity contribution in [2.75, 3.05) is 17.0 Å². The van der Waals surface area contributed by atoms with Crippen LogP contribution >= 0.6 is 11.3 Å². The van der Waals surface area contributed by atoms with Crippen molar-refractivity contribution in [3.05, 3.63) is 29.6 Å². The van der Waals surface area contributed by atoms with Crippen molar-refractivity contribution in [2.24, 2.45) is 0 Å². The Morgan fingerprint density at radius 3 is 3.00 bits per heavy atom. The van der Waals surface area contributed by atoms with E-state index in [0.29, 0.717) is 5.69 Å². The summed E-state index contributed by atoms with van der Waals surface area (Å²) in [7, 11) is -3.30. The number of thiophene rings is 1. The third kappa shape index (κ3) is 3.31. The van der Waals surface area contributed by atoms with Crippen LogP contribution in [0.2, 0.25) is 0 Å². The van der Waals surface area contributed by atoms with E-state index in [4.69, 9.17) is 0 Å². The summed E-state index contributed by atoms with van der Waals surface area (Å²) in [6.45, 7) is 0.918. The smallest absolute Gasteiger partial charge is 0.234 e. The summed E-state index contributed by atoms with van der Waals surface area (Å²) in [6.07, 6.45) is 3.18. The molecule has 4 nitrogen and oxygen atoms in total. The first-order valence-electron chi connectivity index (χ1n) is 6.83. The van der Waals surface area contributed by atoms with Crippen LogP contribution in [-0.4, -0.2) is 26.8 Å². The number of rotatable bonds is 4. The van der Waals surface area contributed by atoms with Crippen molar-refractivity contribution < 1.29 is 8.42 Å². The van der Waals surface area contributed by atoms with E-state index in [1.807, 2.05) is 29.6 Å². The molecular formula is C14H18N2O2S2. The summed E-state index contributed by atoms with van der Waals surface area (Å²) in [6, 6.07) is 7.74. The number of fused-ring (bicyclic) bond motifs is 1. The predicted octanol–water partition coefficient (Wildman–Crippen LogP) is 2.79. The van der Waals surface area contributed by atoms with Crippen molar-refractivity contribution in [3.8, 4) is 0 Å². The van der Waals surface area contributed by atoms with E-state index >= 15 is 0 Å². The minimum atomic E-state index is -3.30. The lowest BCUT2D eigenvalue weighted by molar-refractivity contribution is 0.424. The van der Waals surface area contributed by atoms with Crippen molar-refractivity contribution in [2.45, 2.75) is 25.3 Å². The zero-order valence-corrected chi connectivity index (χ0v) is 12.8. The van der Waals surface area contributed by atoms with Gasteiger partial charge in [-0.2, -0.15) is 0 Å². The minimum absolute atomic E-state index is 0.0751. The highest BCUT2D eigenvalue weighted by Crippen LogP contribution is 2.24. The second-order valence-corrected chi connectivity index (χ2v) is 7.92. The van der Waals surface area contributed by atoms with Crippen molar-refractivity contribution in [1.29, 1.82) is 0 Å². The second-order valence-electron chi connectivity index (χ2n) is 5.20. The summed E-state index contributed by atoms with van der Waals surface area (Å²) in [5, 5.41) is 6.35. The molecule has 0 aliphatic carbocycles. The Morgan fingerprint density at radius 1 is 1.30 bits per heavy atom. The number of nitrogens with one attached hydrogen (secondary N) is 2. The molecule has 1 aliphatic rings. The Morgan fingerprint density at radius 2 is 2.20 bits per heavy atom. The average molecular weight is 310 g/mol.